The Morgan fingerprint density at radius 1 is 0.964 bits per heavy atom. The largest absolute Gasteiger partial charge is 0.491 e. The van der Waals surface area contributed by atoms with Gasteiger partial charge in [-0.15, -0.1) is 0 Å². The van der Waals surface area contributed by atoms with E-state index in [0.717, 1.165) is 43.5 Å². The van der Waals surface area contributed by atoms with Gasteiger partial charge >= 0.3 is 0 Å². The number of aliphatic hydroxyl groups excluding tert-OH is 1. The lowest BCUT2D eigenvalue weighted by Gasteiger charge is -2.35. The molecular weight excluding hydrogens is 380 g/mol. The van der Waals surface area contributed by atoms with Gasteiger partial charge in [-0.2, -0.15) is 0 Å². The van der Waals surface area contributed by atoms with Gasteiger partial charge in [-0.05, 0) is 29.8 Å². The maximum absolute atomic E-state index is 10.3. The Balaban J connectivity index is 1.17. The smallest absolute Gasteiger partial charge is 0.231 e. The molecule has 2 aromatic rings. The van der Waals surface area contributed by atoms with Gasteiger partial charge in [-0.1, -0.05) is 23.7 Å². The number of fused-ring (bicyclic) bond motifs is 1. The van der Waals surface area contributed by atoms with Crippen LogP contribution in [0.15, 0.2) is 42.5 Å². The van der Waals surface area contributed by atoms with E-state index in [2.05, 4.69) is 21.9 Å². The maximum atomic E-state index is 10.3. The first kappa shape index (κ1) is 19.3. The summed E-state index contributed by atoms with van der Waals surface area (Å²) < 4.78 is 16.3. The molecule has 1 fully saturated rings. The molecule has 0 bridgehead atoms. The number of nitrogens with zero attached hydrogens (tertiary/aromatic N) is 2. The zero-order chi connectivity index (χ0) is 19.3. The number of aliphatic hydroxyl groups is 1. The van der Waals surface area contributed by atoms with E-state index in [1.54, 1.807) is 6.07 Å². The topological polar surface area (TPSA) is 54.4 Å². The minimum atomic E-state index is -0.534. The third kappa shape index (κ3) is 5.08. The molecule has 1 N–H and O–H groups in total. The molecule has 150 valence electrons. The van der Waals surface area contributed by atoms with E-state index >= 15 is 0 Å². The first-order valence-electron chi connectivity index (χ1n) is 9.55. The van der Waals surface area contributed by atoms with Crippen molar-refractivity contribution in [3.8, 4) is 17.2 Å². The van der Waals surface area contributed by atoms with Crippen LogP contribution in [0.25, 0.3) is 0 Å². The molecule has 1 unspecified atom stereocenters. The second-order valence-electron chi connectivity index (χ2n) is 7.18. The van der Waals surface area contributed by atoms with E-state index in [1.165, 1.54) is 5.56 Å². The lowest BCUT2D eigenvalue weighted by atomic mass is 10.2. The van der Waals surface area contributed by atoms with Gasteiger partial charge in [0.05, 0.1) is 0 Å². The summed E-state index contributed by atoms with van der Waals surface area (Å²) in [4.78, 5) is 4.71. The molecule has 4 rings (SSSR count). The predicted molar refractivity (Wildman–Crippen MR) is 107 cm³/mol. The molecule has 1 atom stereocenters. The highest BCUT2D eigenvalue weighted by molar-refractivity contribution is 6.30. The van der Waals surface area contributed by atoms with Crippen LogP contribution in [0.4, 0.5) is 0 Å². The Kier molecular flexibility index (Phi) is 6.22. The zero-order valence-electron chi connectivity index (χ0n) is 15.7. The summed E-state index contributed by atoms with van der Waals surface area (Å²) in [6.07, 6.45) is -0.534. The summed E-state index contributed by atoms with van der Waals surface area (Å²) in [6.45, 7) is 5.89. The van der Waals surface area contributed by atoms with Crippen molar-refractivity contribution in [2.75, 3.05) is 46.1 Å². The molecule has 1 saturated heterocycles. The van der Waals surface area contributed by atoms with Crippen LogP contribution in [0, 0.1) is 0 Å². The third-order valence-electron chi connectivity index (χ3n) is 5.04. The van der Waals surface area contributed by atoms with Crippen molar-refractivity contribution in [3.63, 3.8) is 0 Å². The minimum Gasteiger partial charge on any atom is -0.491 e. The number of rotatable bonds is 7. The first-order valence-corrected chi connectivity index (χ1v) is 9.93. The van der Waals surface area contributed by atoms with E-state index in [-0.39, 0.29) is 13.4 Å². The molecule has 0 spiro atoms. The molecule has 0 aliphatic carbocycles. The SMILES string of the molecule is OC(COc1ccc2c(c1)OCO2)CN1CCN(Cc2ccc(Cl)cc2)CC1. The molecule has 0 radical (unpaired) electrons. The summed E-state index contributed by atoms with van der Waals surface area (Å²) in [5.41, 5.74) is 1.27. The van der Waals surface area contributed by atoms with Crippen molar-refractivity contribution >= 4 is 11.6 Å². The summed E-state index contributed by atoms with van der Waals surface area (Å²) in [7, 11) is 0. The van der Waals surface area contributed by atoms with Gasteiger partial charge < -0.3 is 19.3 Å². The van der Waals surface area contributed by atoms with Crippen LogP contribution in [0.5, 0.6) is 17.2 Å². The van der Waals surface area contributed by atoms with Crippen LogP contribution in [0.2, 0.25) is 5.02 Å². The Morgan fingerprint density at radius 2 is 1.68 bits per heavy atom. The van der Waals surface area contributed by atoms with Gasteiger partial charge in [-0.3, -0.25) is 9.80 Å². The fourth-order valence-corrected chi connectivity index (χ4v) is 3.61. The van der Waals surface area contributed by atoms with E-state index in [9.17, 15) is 5.11 Å². The summed E-state index contributed by atoms with van der Waals surface area (Å²) in [5, 5.41) is 11.1. The molecule has 2 aliphatic rings. The molecule has 6 nitrogen and oxygen atoms in total. The maximum Gasteiger partial charge on any atom is 0.231 e. The summed E-state index contributed by atoms with van der Waals surface area (Å²) >= 11 is 5.95. The highest BCUT2D eigenvalue weighted by Gasteiger charge is 2.20. The minimum absolute atomic E-state index is 0.241. The van der Waals surface area contributed by atoms with Crippen molar-refractivity contribution in [3.05, 3.63) is 53.1 Å². The number of hydrogen-bond acceptors (Lipinski definition) is 6. The molecule has 0 aromatic heterocycles. The summed E-state index contributed by atoms with van der Waals surface area (Å²) in [5.74, 6) is 2.09. The Labute approximate surface area is 170 Å². The highest BCUT2D eigenvalue weighted by atomic mass is 35.5. The van der Waals surface area contributed by atoms with E-state index < -0.39 is 6.10 Å². The number of benzene rings is 2. The van der Waals surface area contributed by atoms with Crippen LogP contribution in [0.1, 0.15) is 5.56 Å². The van der Waals surface area contributed by atoms with Gasteiger partial charge in [0.2, 0.25) is 6.79 Å². The lowest BCUT2D eigenvalue weighted by Crippen LogP contribution is -2.48. The van der Waals surface area contributed by atoms with E-state index in [4.69, 9.17) is 25.8 Å². The summed E-state index contributed by atoms with van der Waals surface area (Å²) in [6, 6.07) is 13.5. The van der Waals surface area contributed by atoms with E-state index in [1.807, 2.05) is 24.3 Å². The molecule has 0 amide bonds. The number of piperazine rings is 1. The van der Waals surface area contributed by atoms with Crippen LogP contribution < -0.4 is 14.2 Å². The Hall–Kier alpha value is -1.99. The van der Waals surface area contributed by atoms with Gasteiger partial charge in [0.25, 0.3) is 0 Å². The van der Waals surface area contributed by atoms with Gasteiger partial charge in [-0.25, -0.2) is 0 Å². The standard InChI is InChI=1S/C21H25ClN2O4/c22-17-3-1-16(2-4-17)12-23-7-9-24(10-8-23)13-18(25)14-26-19-5-6-20-21(11-19)28-15-27-20/h1-6,11,18,25H,7-10,12-15H2. The predicted octanol–water partition coefficient (Wildman–Crippen LogP) is 2.63. The Bertz CT molecular complexity index is 778. The second-order valence-corrected chi connectivity index (χ2v) is 7.62. The molecule has 7 heteroatoms. The zero-order valence-corrected chi connectivity index (χ0v) is 16.5. The van der Waals surface area contributed by atoms with Gasteiger partial charge in [0.15, 0.2) is 11.5 Å². The molecular formula is C21H25ClN2O4. The molecule has 2 aliphatic heterocycles. The van der Waals surface area contributed by atoms with Gasteiger partial charge in [0, 0.05) is 50.4 Å². The van der Waals surface area contributed by atoms with E-state index in [0.29, 0.717) is 18.0 Å². The molecule has 0 saturated carbocycles. The van der Waals surface area contributed by atoms with Crippen molar-refractivity contribution in [1.29, 1.82) is 0 Å². The monoisotopic (exact) mass is 404 g/mol. The van der Waals surface area contributed by atoms with Crippen LogP contribution in [0.3, 0.4) is 0 Å². The molecule has 2 heterocycles. The number of ether oxygens (including phenoxy) is 3. The van der Waals surface area contributed by atoms with Crippen LogP contribution in [-0.4, -0.2) is 67.1 Å². The average Bonchev–Trinajstić information content (AvgIpc) is 3.17. The lowest BCUT2D eigenvalue weighted by molar-refractivity contribution is 0.0446. The molecule has 2 aromatic carbocycles. The fraction of sp³-hybridized carbons (Fsp3) is 0.429. The first-order chi connectivity index (χ1) is 13.7. The number of halogens is 1. The van der Waals surface area contributed by atoms with Gasteiger partial charge in [0.1, 0.15) is 18.5 Å². The van der Waals surface area contributed by atoms with Crippen molar-refractivity contribution in [2.24, 2.45) is 0 Å². The van der Waals surface area contributed by atoms with Crippen molar-refractivity contribution in [1.82, 2.24) is 9.80 Å². The number of β-amino-alcohol motifs (C(OH)–C–C–N with tert-alkyl or cyclic N) is 1. The van der Waals surface area contributed by atoms with Crippen molar-refractivity contribution in [2.45, 2.75) is 12.6 Å². The fourth-order valence-electron chi connectivity index (χ4n) is 3.49. The quantitative estimate of drug-likeness (QED) is 0.765. The third-order valence-corrected chi connectivity index (χ3v) is 5.29. The average molecular weight is 405 g/mol. The second kappa shape index (κ2) is 9.01. The van der Waals surface area contributed by atoms with Crippen LogP contribution in [-0.2, 0) is 6.54 Å². The van der Waals surface area contributed by atoms with Crippen molar-refractivity contribution < 1.29 is 19.3 Å². The normalized spacial score (nSPS) is 18.2. The van der Waals surface area contributed by atoms with Crippen LogP contribution >= 0.6 is 11.6 Å². The highest BCUT2D eigenvalue weighted by Crippen LogP contribution is 2.35. The molecule has 28 heavy (non-hydrogen) atoms. The number of hydrogen-bond donors (Lipinski definition) is 1. The Morgan fingerprint density at radius 3 is 2.46 bits per heavy atom.